The minimum Gasteiger partial charge on any atom is -0.422 e. The quantitative estimate of drug-likeness (QED) is 0.781. The lowest BCUT2D eigenvalue weighted by Crippen LogP contribution is -2.33. The summed E-state index contributed by atoms with van der Waals surface area (Å²) in [6, 6.07) is 8.76. The van der Waals surface area contributed by atoms with Crippen LogP contribution in [0.5, 0.6) is 0 Å². The van der Waals surface area contributed by atoms with E-state index in [2.05, 4.69) is 0 Å². The minimum atomic E-state index is -0.588. The number of ether oxygens (including phenoxy) is 1. The summed E-state index contributed by atoms with van der Waals surface area (Å²) < 4.78 is 10.4. The molecule has 0 radical (unpaired) electrons. The third kappa shape index (κ3) is 2.20. The van der Waals surface area contributed by atoms with Crippen molar-refractivity contribution in [2.75, 3.05) is 20.2 Å². The molecule has 5 heteroatoms. The zero-order chi connectivity index (χ0) is 14.1. The summed E-state index contributed by atoms with van der Waals surface area (Å²) in [5.74, 6) is -0.288. The molecule has 1 atom stereocenters. The molecule has 0 N–H and O–H groups in total. The van der Waals surface area contributed by atoms with Crippen LogP contribution in [0.2, 0.25) is 0 Å². The predicted octanol–water partition coefficient (Wildman–Crippen LogP) is 1.65. The highest BCUT2D eigenvalue weighted by Crippen LogP contribution is 2.17. The molecule has 1 unspecified atom stereocenters. The van der Waals surface area contributed by atoms with Crippen molar-refractivity contribution in [3.05, 3.63) is 46.3 Å². The van der Waals surface area contributed by atoms with Crippen LogP contribution in [0.25, 0.3) is 11.0 Å². The highest BCUT2D eigenvalue weighted by atomic mass is 16.5. The number of benzene rings is 1. The van der Waals surface area contributed by atoms with Crippen molar-refractivity contribution in [3.63, 3.8) is 0 Å². The number of carbonyl (C=O) groups excluding carboxylic acids is 1. The molecule has 104 valence electrons. The van der Waals surface area contributed by atoms with E-state index < -0.39 is 5.63 Å². The number of rotatable bonds is 2. The van der Waals surface area contributed by atoms with Crippen molar-refractivity contribution < 1.29 is 13.9 Å². The van der Waals surface area contributed by atoms with Gasteiger partial charge in [-0.05, 0) is 18.6 Å². The second kappa shape index (κ2) is 5.09. The van der Waals surface area contributed by atoms with Crippen molar-refractivity contribution in [2.24, 2.45) is 0 Å². The Hall–Kier alpha value is -2.14. The Morgan fingerprint density at radius 3 is 2.95 bits per heavy atom. The van der Waals surface area contributed by atoms with Crippen molar-refractivity contribution in [3.8, 4) is 0 Å². The van der Waals surface area contributed by atoms with Crippen LogP contribution in [-0.2, 0) is 4.74 Å². The van der Waals surface area contributed by atoms with E-state index in [1.165, 1.54) is 0 Å². The minimum absolute atomic E-state index is 0.0476. The zero-order valence-electron chi connectivity index (χ0n) is 11.2. The van der Waals surface area contributed by atoms with Crippen LogP contribution < -0.4 is 5.63 Å². The van der Waals surface area contributed by atoms with Crippen molar-refractivity contribution in [1.29, 1.82) is 0 Å². The van der Waals surface area contributed by atoms with Gasteiger partial charge in [0.05, 0.1) is 6.10 Å². The number of hydrogen-bond acceptors (Lipinski definition) is 4. The second-order valence-corrected chi connectivity index (χ2v) is 4.88. The van der Waals surface area contributed by atoms with Gasteiger partial charge in [0.25, 0.3) is 5.91 Å². The molecule has 5 nitrogen and oxygen atoms in total. The molecule has 2 heterocycles. The van der Waals surface area contributed by atoms with Gasteiger partial charge in [-0.25, -0.2) is 4.79 Å². The van der Waals surface area contributed by atoms with Crippen LogP contribution in [-0.4, -0.2) is 37.1 Å². The lowest BCUT2D eigenvalue weighted by molar-refractivity contribution is 0.0720. The number of carbonyl (C=O) groups is 1. The van der Waals surface area contributed by atoms with E-state index in [1.807, 2.05) is 12.1 Å². The van der Waals surface area contributed by atoms with Gasteiger partial charge in [-0.1, -0.05) is 18.2 Å². The highest BCUT2D eigenvalue weighted by molar-refractivity contribution is 5.96. The fourth-order valence-corrected chi connectivity index (χ4v) is 2.49. The van der Waals surface area contributed by atoms with Crippen molar-refractivity contribution in [1.82, 2.24) is 4.90 Å². The van der Waals surface area contributed by atoms with Gasteiger partial charge in [0.2, 0.25) is 0 Å². The number of nitrogens with zero attached hydrogens (tertiary/aromatic N) is 1. The van der Waals surface area contributed by atoms with Crippen LogP contribution in [0.15, 0.2) is 39.5 Å². The van der Waals surface area contributed by atoms with Gasteiger partial charge >= 0.3 is 5.63 Å². The Labute approximate surface area is 115 Å². The molecule has 3 rings (SSSR count). The summed E-state index contributed by atoms with van der Waals surface area (Å²) in [6.45, 7) is 1.12. The normalized spacial score (nSPS) is 18.6. The largest absolute Gasteiger partial charge is 0.422 e. The number of hydrogen-bond donors (Lipinski definition) is 0. The van der Waals surface area contributed by atoms with Gasteiger partial charge < -0.3 is 14.1 Å². The molecule has 2 aromatic rings. The molecule has 1 aliphatic heterocycles. The standard InChI is InChI=1S/C15H15NO4/c1-19-11-6-7-16(9-11)14(17)12-8-10-4-2-3-5-13(10)20-15(12)18/h2-5,8,11H,6-7,9H2,1H3. The van der Waals surface area contributed by atoms with Crippen LogP contribution in [0.1, 0.15) is 16.8 Å². The third-order valence-corrected chi connectivity index (χ3v) is 3.64. The van der Waals surface area contributed by atoms with Crippen molar-refractivity contribution in [2.45, 2.75) is 12.5 Å². The maximum atomic E-state index is 12.4. The van der Waals surface area contributed by atoms with Gasteiger partial charge in [-0.3, -0.25) is 4.79 Å². The molecule has 1 saturated heterocycles. The number of methoxy groups -OCH3 is 1. The second-order valence-electron chi connectivity index (χ2n) is 4.88. The van der Waals surface area contributed by atoms with E-state index in [0.29, 0.717) is 18.7 Å². The molecule has 0 aliphatic carbocycles. The number of likely N-dealkylation sites (tertiary alicyclic amines) is 1. The summed E-state index contributed by atoms with van der Waals surface area (Å²) in [5.41, 5.74) is -0.0136. The van der Waals surface area contributed by atoms with Gasteiger partial charge in [0.1, 0.15) is 11.1 Å². The van der Waals surface area contributed by atoms with Crippen LogP contribution in [0.4, 0.5) is 0 Å². The SMILES string of the molecule is COC1CCN(C(=O)c2cc3ccccc3oc2=O)C1. The summed E-state index contributed by atoms with van der Waals surface area (Å²) >= 11 is 0. The van der Waals surface area contributed by atoms with E-state index >= 15 is 0 Å². The number of para-hydroxylation sites is 1. The molecule has 1 aromatic heterocycles. The Morgan fingerprint density at radius 1 is 1.40 bits per heavy atom. The molecular formula is C15H15NO4. The van der Waals surface area contributed by atoms with E-state index in [4.69, 9.17) is 9.15 Å². The molecule has 0 spiro atoms. The zero-order valence-corrected chi connectivity index (χ0v) is 11.2. The van der Waals surface area contributed by atoms with Gasteiger partial charge in [0.15, 0.2) is 0 Å². The average Bonchev–Trinajstić information content (AvgIpc) is 2.94. The summed E-state index contributed by atoms with van der Waals surface area (Å²) in [7, 11) is 1.63. The first-order valence-electron chi connectivity index (χ1n) is 6.54. The van der Waals surface area contributed by atoms with Crippen LogP contribution in [0, 0.1) is 0 Å². The molecular weight excluding hydrogens is 258 g/mol. The predicted molar refractivity (Wildman–Crippen MR) is 73.8 cm³/mol. The Balaban J connectivity index is 1.95. The number of fused-ring (bicyclic) bond motifs is 1. The maximum Gasteiger partial charge on any atom is 0.349 e. The summed E-state index contributed by atoms with van der Waals surface area (Å²) in [4.78, 5) is 26.0. The fraction of sp³-hybridized carbons (Fsp3) is 0.333. The average molecular weight is 273 g/mol. The molecule has 20 heavy (non-hydrogen) atoms. The summed E-state index contributed by atoms with van der Waals surface area (Å²) in [6.07, 6.45) is 0.840. The van der Waals surface area contributed by atoms with E-state index in [1.54, 1.807) is 30.2 Å². The number of amides is 1. The Morgan fingerprint density at radius 2 is 2.20 bits per heavy atom. The first kappa shape index (κ1) is 12.9. The monoisotopic (exact) mass is 273 g/mol. The molecule has 1 fully saturated rings. The maximum absolute atomic E-state index is 12.4. The first-order chi connectivity index (χ1) is 9.69. The molecule has 1 amide bonds. The lowest BCUT2D eigenvalue weighted by atomic mass is 10.1. The highest BCUT2D eigenvalue weighted by Gasteiger charge is 2.28. The summed E-state index contributed by atoms with van der Waals surface area (Å²) in [5, 5.41) is 0.748. The van der Waals surface area contributed by atoms with Crippen LogP contribution in [0.3, 0.4) is 0 Å². The fourth-order valence-electron chi connectivity index (χ4n) is 2.49. The Bertz CT molecular complexity index is 706. The van der Waals surface area contributed by atoms with Crippen LogP contribution >= 0.6 is 0 Å². The van der Waals surface area contributed by atoms with E-state index in [0.717, 1.165) is 11.8 Å². The molecule has 0 bridgehead atoms. The van der Waals surface area contributed by atoms with Gasteiger partial charge in [0, 0.05) is 25.6 Å². The lowest BCUT2D eigenvalue weighted by Gasteiger charge is -2.15. The van der Waals surface area contributed by atoms with Crippen molar-refractivity contribution >= 4 is 16.9 Å². The first-order valence-corrected chi connectivity index (χ1v) is 6.54. The van der Waals surface area contributed by atoms with Gasteiger partial charge in [-0.2, -0.15) is 0 Å². The molecule has 1 aliphatic rings. The Kier molecular flexibility index (Phi) is 3.28. The van der Waals surface area contributed by atoms with Gasteiger partial charge in [-0.15, -0.1) is 0 Å². The molecule has 1 aromatic carbocycles. The topological polar surface area (TPSA) is 59.8 Å². The van der Waals surface area contributed by atoms with E-state index in [-0.39, 0.29) is 17.6 Å². The molecule has 0 saturated carbocycles. The third-order valence-electron chi connectivity index (χ3n) is 3.64. The van der Waals surface area contributed by atoms with E-state index in [9.17, 15) is 9.59 Å². The smallest absolute Gasteiger partial charge is 0.349 e.